The summed E-state index contributed by atoms with van der Waals surface area (Å²) >= 11 is 0. The van der Waals surface area contributed by atoms with Gasteiger partial charge in [-0.25, -0.2) is 9.48 Å². The van der Waals surface area contributed by atoms with Crippen LogP contribution in [0.4, 0.5) is 5.69 Å². The van der Waals surface area contributed by atoms with Gasteiger partial charge in [-0.05, 0) is 48.2 Å². The van der Waals surface area contributed by atoms with Crippen LogP contribution < -0.4 is 11.0 Å². The number of carbonyl (C=O) groups is 1. The van der Waals surface area contributed by atoms with Crippen LogP contribution in [-0.2, 0) is 21.5 Å². The molecule has 1 saturated heterocycles. The molecule has 0 bridgehead atoms. The topological polar surface area (TPSA) is 77.6 Å². The second kappa shape index (κ2) is 8.43. The van der Waals surface area contributed by atoms with E-state index in [1.165, 1.54) is 9.08 Å². The standard InChI is InChI=1S/C25H24N4O3/c30-23(25(12-15-32-16-13-25)20-8-2-1-3-9-20)26-21-10-6-7-19(17-21)18-29-24(31)28-14-5-4-11-22(28)27-29/h1-11,14,17H,12-13,15-16,18H2,(H,26,30). The third kappa shape index (κ3) is 3.71. The molecule has 7 nitrogen and oxygen atoms in total. The van der Waals surface area contributed by atoms with Crippen molar-refractivity contribution in [1.82, 2.24) is 14.2 Å². The van der Waals surface area contributed by atoms with Crippen LogP contribution in [0.2, 0.25) is 0 Å². The number of benzene rings is 2. The van der Waals surface area contributed by atoms with E-state index < -0.39 is 5.41 Å². The lowest BCUT2D eigenvalue weighted by atomic mass is 9.73. The summed E-state index contributed by atoms with van der Waals surface area (Å²) < 4.78 is 8.49. The summed E-state index contributed by atoms with van der Waals surface area (Å²) in [6, 6.07) is 22.9. The number of amides is 1. The number of carbonyl (C=O) groups excluding carboxylic acids is 1. The molecular formula is C25H24N4O3. The number of anilines is 1. The second-order valence-electron chi connectivity index (χ2n) is 8.08. The van der Waals surface area contributed by atoms with E-state index in [4.69, 9.17) is 4.74 Å². The molecule has 1 N–H and O–H groups in total. The zero-order valence-electron chi connectivity index (χ0n) is 17.6. The second-order valence-corrected chi connectivity index (χ2v) is 8.08. The summed E-state index contributed by atoms with van der Waals surface area (Å²) in [6.07, 6.45) is 2.98. The minimum absolute atomic E-state index is 0.0333. The molecule has 32 heavy (non-hydrogen) atoms. The highest BCUT2D eigenvalue weighted by molar-refractivity contribution is 5.99. The summed E-state index contributed by atoms with van der Waals surface area (Å²) in [5.41, 5.74) is 2.38. The van der Waals surface area contributed by atoms with Crippen molar-refractivity contribution < 1.29 is 9.53 Å². The molecule has 1 amide bonds. The van der Waals surface area contributed by atoms with Crippen LogP contribution in [0.5, 0.6) is 0 Å². The molecular weight excluding hydrogens is 404 g/mol. The number of rotatable bonds is 5. The van der Waals surface area contributed by atoms with Gasteiger partial charge in [-0.2, -0.15) is 0 Å². The first kappa shape index (κ1) is 20.2. The van der Waals surface area contributed by atoms with Crippen LogP contribution in [-0.4, -0.2) is 33.3 Å². The molecule has 2 aromatic heterocycles. The maximum atomic E-state index is 13.5. The summed E-state index contributed by atoms with van der Waals surface area (Å²) in [7, 11) is 0. The Balaban J connectivity index is 1.40. The Kier molecular flexibility index (Phi) is 5.33. The van der Waals surface area contributed by atoms with Crippen LogP contribution in [0.15, 0.2) is 83.8 Å². The Morgan fingerprint density at radius 1 is 1.00 bits per heavy atom. The third-order valence-corrected chi connectivity index (χ3v) is 6.11. The van der Waals surface area contributed by atoms with Crippen molar-refractivity contribution in [2.75, 3.05) is 18.5 Å². The zero-order chi connectivity index (χ0) is 22.0. The van der Waals surface area contributed by atoms with Crippen molar-refractivity contribution in [3.05, 3.63) is 101 Å². The van der Waals surface area contributed by atoms with Crippen LogP contribution in [0.3, 0.4) is 0 Å². The largest absolute Gasteiger partial charge is 0.381 e. The molecule has 0 atom stereocenters. The van der Waals surface area contributed by atoms with E-state index in [0.717, 1.165) is 11.1 Å². The average Bonchev–Trinajstić information content (AvgIpc) is 3.15. The van der Waals surface area contributed by atoms with Crippen molar-refractivity contribution in [3.8, 4) is 0 Å². The van der Waals surface area contributed by atoms with Crippen molar-refractivity contribution in [2.24, 2.45) is 0 Å². The molecule has 4 aromatic rings. The lowest BCUT2D eigenvalue weighted by Gasteiger charge is -2.36. The van der Waals surface area contributed by atoms with Crippen LogP contribution in [0.25, 0.3) is 5.65 Å². The van der Waals surface area contributed by atoms with E-state index in [1.54, 1.807) is 18.3 Å². The van der Waals surface area contributed by atoms with Crippen LogP contribution in [0, 0.1) is 0 Å². The first-order chi connectivity index (χ1) is 15.7. The Morgan fingerprint density at radius 2 is 1.78 bits per heavy atom. The summed E-state index contributed by atoms with van der Waals surface area (Å²) in [4.78, 5) is 26.1. The number of fused-ring (bicyclic) bond motifs is 1. The molecule has 0 unspecified atom stereocenters. The number of nitrogens with zero attached hydrogens (tertiary/aromatic N) is 3. The molecule has 1 fully saturated rings. The smallest absolute Gasteiger partial charge is 0.350 e. The average molecular weight is 428 g/mol. The van der Waals surface area contributed by atoms with Gasteiger partial charge in [0.15, 0.2) is 5.65 Å². The van der Waals surface area contributed by atoms with E-state index in [0.29, 0.717) is 43.9 Å². The lowest BCUT2D eigenvalue weighted by Crippen LogP contribution is -2.44. The molecule has 0 radical (unpaired) electrons. The molecule has 0 saturated carbocycles. The molecule has 1 aliphatic rings. The molecule has 162 valence electrons. The number of pyridine rings is 1. The summed E-state index contributed by atoms with van der Waals surface area (Å²) in [5, 5.41) is 7.50. The summed E-state index contributed by atoms with van der Waals surface area (Å²) in [5.74, 6) is -0.0333. The predicted octanol–water partition coefficient (Wildman–Crippen LogP) is 3.23. The zero-order valence-corrected chi connectivity index (χ0v) is 17.6. The highest BCUT2D eigenvalue weighted by atomic mass is 16.5. The predicted molar refractivity (Wildman–Crippen MR) is 122 cm³/mol. The van der Waals surface area contributed by atoms with Gasteiger partial charge in [-0.15, -0.1) is 5.10 Å². The van der Waals surface area contributed by atoms with Gasteiger partial charge in [0.05, 0.1) is 12.0 Å². The van der Waals surface area contributed by atoms with Gasteiger partial charge in [-0.3, -0.25) is 9.20 Å². The fourth-order valence-electron chi connectivity index (χ4n) is 4.37. The van der Waals surface area contributed by atoms with Gasteiger partial charge in [0, 0.05) is 25.1 Å². The molecule has 2 aromatic carbocycles. The van der Waals surface area contributed by atoms with Crippen molar-refractivity contribution in [3.63, 3.8) is 0 Å². The Hall–Kier alpha value is -3.71. The first-order valence-corrected chi connectivity index (χ1v) is 10.7. The third-order valence-electron chi connectivity index (χ3n) is 6.11. The maximum absolute atomic E-state index is 13.5. The van der Waals surface area contributed by atoms with E-state index in [1.807, 2.05) is 60.7 Å². The van der Waals surface area contributed by atoms with Crippen LogP contribution >= 0.6 is 0 Å². The van der Waals surface area contributed by atoms with E-state index in [-0.39, 0.29) is 11.6 Å². The van der Waals surface area contributed by atoms with Crippen molar-refractivity contribution >= 4 is 17.2 Å². The first-order valence-electron chi connectivity index (χ1n) is 10.7. The number of aromatic nitrogens is 3. The van der Waals surface area contributed by atoms with Crippen molar-refractivity contribution in [1.29, 1.82) is 0 Å². The van der Waals surface area contributed by atoms with Gasteiger partial charge in [0.2, 0.25) is 5.91 Å². The minimum Gasteiger partial charge on any atom is -0.381 e. The number of hydrogen-bond donors (Lipinski definition) is 1. The number of ether oxygens (including phenoxy) is 1. The fraction of sp³-hybridized carbons (Fsp3) is 0.240. The Morgan fingerprint density at radius 3 is 2.56 bits per heavy atom. The maximum Gasteiger partial charge on any atom is 0.350 e. The Bertz CT molecular complexity index is 1300. The fourth-order valence-corrected chi connectivity index (χ4v) is 4.37. The van der Waals surface area contributed by atoms with E-state index in [2.05, 4.69) is 10.4 Å². The van der Waals surface area contributed by atoms with E-state index in [9.17, 15) is 9.59 Å². The van der Waals surface area contributed by atoms with Gasteiger partial charge in [0.1, 0.15) is 0 Å². The monoisotopic (exact) mass is 428 g/mol. The lowest BCUT2D eigenvalue weighted by molar-refractivity contribution is -0.125. The van der Waals surface area contributed by atoms with Gasteiger partial charge in [0.25, 0.3) is 0 Å². The van der Waals surface area contributed by atoms with Crippen LogP contribution in [0.1, 0.15) is 24.0 Å². The molecule has 3 heterocycles. The van der Waals surface area contributed by atoms with Gasteiger partial charge < -0.3 is 10.1 Å². The van der Waals surface area contributed by atoms with E-state index >= 15 is 0 Å². The van der Waals surface area contributed by atoms with Crippen molar-refractivity contribution in [2.45, 2.75) is 24.8 Å². The molecule has 1 aliphatic heterocycles. The van der Waals surface area contributed by atoms with Gasteiger partial charge >= 0.3 is 5.69 Å². The SMILES string of the molecule is O=C(Nc1cccc(Cn2nc3ccccn3c2=O)c1)C1(c2ccccc2)CCOCC1. The van der Waals surface area contributed by atoms with Gasteiger partial charge in [-0.1, -0.05) is 48.5 Å². The molecule has 0 spiro atoms. The highest BCUT2D eigenvalue weighted by Crippen LogP contribution is 2.36. The molecule has 0 aliphatic carbocycles. The number of hydrogen-bond acceptors (Lipinski definition) is 4. The number of nitrogens with one attached hydrogen (secondary N) is 1. The molecule has 7 heteroatoms. The minimum atomic E-state index is -0.617. The quantitative estimate of drug-likeness (QED) is 0.529. The normalized spacial score (nSPS) is 15.5. The highest BCUT2D eigenvalue weighted by Gasteiger charge is 2.41. The Labute approximate surface area is 185 Å². The molecule has 5 rings (SSSR count). The summed E-state index contributed by atoms with van der Waals surface area (Å²) in [6.45, 7) is 1.43.